The monoisotopic (exact) mass is 436 g/mol. The molecule has 0 aliphatic heterocycles. The first kappa shape index (κ1) is 30.4. The molecule has 0 aliphatic carbocycles. The van der Waals surface area contributed by atoms with Crippen LogP contribution in [-0.4, -0.2) is 20.0 Å². The Morgan fingerprint density at radius 2 is 0.806 bits per heavy atom. The number of rotatable bonds is 26. The number of hydrogen-bond donors (Lipinski definition) is 0. The highest BCUT2D eigenvalue weighted by Crippen LogP contribution is 2.10. The highest BCUT2D eigenvalue weighted by molar-refractivity contribution is 4.82. The summed E-state index contributed by atoms with van der Waals surface area (Å²) in [4.78, 5) is 0. The normalized spacial score (nSPS) is 11.9. The second kappa shape index (κ2) is 29.4. The van der Waals surface area contributed by atoms with Gasteiger partial charge in [-0.2, -0.15) is 0 Å². The zero-order valence-corrected chi connectivity index (χ0v) is 21.4. The van der Waals surface area contributed by atoms with Crippen LogP contribution in [0.3, 0.4) is 0 Å². The number of allylic oxidation sites excluding steroid dienone is 3. The molecule has 31 heavy (non-hydrogen) atoms. The lowest BCUT2D eigenvalue weighted by Gasteiger charge is -2.05. The number of hydrogen-bond acceptors (Lipinski definition) is 2. The molecule has 0 saturated heterocycles. The Morgan fingerprint density at radius 1 is 0.387 bits per heavy atom. The average molecular weight is 437 g/mol. The Balaban J connectivity index is 3.10. The van der Waals surface area contributed by atoms with Crippen molar-refractivity contribution in [2.24, 2.45) is 0 Å². The fourth-order valence-electron chi connectivity index (χ4n) is 3.69. The van der Waals surface area contributed by atoms with Gasteiger partial charge in [-0.3, -0.25) is 0 Å². The first-order valence-corrected chi connectivity index (χ1v) is 13.9. The van der Waals surface area contributed by atoms with E-state index >= 15 is 0 Å². The molecule has 0 heterocycles. The van der Waals surface area contributed by atoms with Crippen LogP contribution in [-0.2, 0) is 9.47 Å². The zero-order valence-electron chi connectivity index (χ0n) is 21.4. The van der Waals surface area contributed by atoms with E-state index in [1.807, 2.05) is 0 Å². The van der Waals surface area contributed by atoms with E-state index in [1.165, 1.54) is 122 Å². The van der Waals surface area contributed by atoms with Gasteiger partial charge in [-0.1, -0.05) is 122 Å². The summed E-state index contributed by atoms with van der Waals surface area (Å²) in [7, 11) is 0. The van der Waals surface area contributed by atoms with Crippen LogP contribution in [0.5, 0.6) is 0 Å². The van der Waals surface area contributed by atoms with Crippen molar-refractivity contribution in [3.05, 3.63) is 24.3 Å². The fourth-order valence-corrected chi connectivity index (χ4v) is 3.69. The molecule has 0 aromatic heterocycles. The Kier molecular flexibility index (Phi) is 28.8. The second-order valence-corrected chi connectivity index (χ2v) is 8.98. The van der Waals surface area contributed by atoms with Crippen molar-refractivity contribution in [3.8, 4) is 0 Å². The molecule has 0 aromatic rings. The fraction of sp³-hybridized carbons (Fsp3) is 0.862. The minimum atomic E-state index is 0.457. The molecule has 0 saturated carbocycles. The van der Waals surface area contributed by atoms with Crippen molar-refractivity contribution in [2.75, 3.05) is 20.0 Å². The predicted octanol–water partition coefficient (Wildman–Crippen LogP) is 9.93. The van der Waals surface area contributed by atoms with Gasteiger partial charge in [0.25, 0.3) is 0 Å². The SMILES string of the molecule is CCCC/C=C/CCCCCCCC/C=C\CCOCOCCCCCCCCCC. The summed E-state index contributed by atoms with van der Waals surface area (Å²) in [6, 6.07) is 0. The van der Waals surface area contributed by atoms with Crippen LogP contribution in [0.1, 0.15) is 142 Å². The molecular formula is C29H56O2. The number of ether oxygens (including phenoxy) is 2. The van der Waals surface area contributed by atoms with E-state index in [9.17, 15) is 0 Å². The van der Waals surface area contributed by atoms with Gasteiger partial charge in [0.2, 0.25) is 0 Å². The first-order chi connectivity index (χ1) is 15.4. The third kappa shape index (κ3) is 29.4. The number of unbranched alkanes of at least 4 members (excludes halogenated alkanes) is 16. The van der Waals surface area contributed by atoms with E-state index in [2.05, 4.69) is 38.2 Å². The molecule has 0 N–H and O–H groups in total. The van der Waals surface area contributed by atoms with E-state index in [4.69, 9.17) is 9.47 Å². The summed E-state index contributed by atoms with van der Waals surface area (Å²) in [5.41, 5.74) is 0. The third-order valence-electron chi connectivity index (χ3n) is 5.79. The standard InChI is InChI=1S/C29H56O2/c1-3-5-7-9-11-13-14-15-16-17-18-19-20-22-24-26-28-31-29-30-27-25-23-21-12-10-8-6-4-2/h9,11,22,24H,3-8,10,12-21,23,25-29H2,1-2H3/b11-9+,24-22-. The van der Waals surface area contributed by atoms with E-state index in [1.54, 1.807) is 0 Å². The molecule has 0 rings (SSSR count). The van der Waals surface area contributed by atoms with Crippen molar-refractivity contribution in [1.29, 1.82) is 0 Å². The molecule has 0 aromatic carbocycles. The van der Waals surface area contributed by atoms with Crippen molar-refractivity contribution in [1.82, 2.24) is 0 Å². The van der Waals surface area contributed by atoms with Gasteiger partial charge in [-0.05, 0) is 44.9 Å². The maximum Gasteiger partial charge on any atom is 0.146 e. The predicted molar refractivity (Wildman–Crippen MR) is 139 cm³/mol. The largest absolute Gasteiger partial charge is 0.355 e. The molecule has 0 bridgehead atoms. The highest BCUT2D eigenvalue weighted by atomic mass is 16.7. The van der Waals surface area contributed by atoms with Gasteiger partial charge in [0.15, 0.2) is 0 Å². The van der Waals surface area contributed by atoms with Gasteiger partial charge in [0.1, 0.15) is 6.79 Å². The molecule has 0 unspecified atom stereocenters. The average Bonchev–Trinajstić information content (AvgIpc) is 2.78. The Labute approximate surface area is 196 Å². The second-order valence-electron chi connectivity index (χ2n) is 8.98. The zero-order chi connectivity index (χ0) is 22.5. The first-order valence-electron chi connectivity index (χ1n) is 13.9. The maximum atomic E-state index is 5.56. The van der Waals surface area contributed by atoms with Crippen LogP contribution in [0, 0.1) is 0 Å². The van der Waals surface area contributed by atoms with Crippen molar-refractivity contribution in [3.63, 3.8) is 0 Å². The summed E-state index contributed by atoms with van der Waals surface area (Å²) >= 11 is 0. The van der Waals surface area contributed by atoms with Crippen molar-refractivity contribution >= 4 is 0 Å². The summed E-state index contributed by atoms with van der Waals surface area (Å²) in [5.74, 6) is 0. The van der Waals surface area contributed by atoms with Crippen LogP contribution >= 0.6 is 0 Å². The topological polar surface area (TPSA) is 18.5 Å². The lowest BCUT2D eigenvalue weighted by atomic mass is 10.1. The molecule has 2 heteroatoms. The van der Waals surface area contributed by atoms with Crippen LogP contribution in [0.4, 0.5) is 0 Å². The minimum Gasteiger partial charge on any atom is -0.355 e. The molecule has 0 atom stereocenters. The minimum absolute atomic E-state index is 0.457. The van der Waals surface area contributed by atoms with Gasteiger partial charge < -0.3 is 9.47 Å². The third-order valence-corrected chi connectivity index (χ3v) is 5.79. The van der Waals surface area contributed by atoms with Gasteiger partial charge in [-0.25, -0.2) is 0 Å². The maximum absolute atomic E-state index is 5.56. The summed E-state index contributed by atoms with van der Waals surface area (Å²) in [6.07, 6.45) is 35.8. The lowest BCUT2D eigenvalue weighted by Crippen LogP contribution is -2.02. The molecule has 0 radical (unpaired) electrons. The van der Waals surface area contributed by atoms with E-state index in [0.29, 0.717) is 6.79 Å². The van der Waals surface area contributed by atoms with Crippen LogP contribution in [0.15, 0.2) is 24.3 Å². The Morgan fingerprint density at radius 3 is 1.39 bits per heavy atom. The van der Waals surface area contributed by atoms with E-state index in [0.717, 1.165) is 19.6 Å². The summed E-state index contributed by atoms with van der Waals surface area (Å²) in [5, 5.41) is 0. The van der Waals surface area contributed by atoms with Crippen molar-refractivity contribution in [2.45, 2.75) is 142 Å². The lowest BCUT2D eigenvalue weighted by molar-refractivity contribution is -0.0531. The van der Waals surface area contributed by atoms with Gasteiger partial charge in [0.05, 0.1) is 6.61 Å². The molecule has 2 nitrogen and oxygen atoms in total. The van der Waals surface area contributed by atoms with E-state index < -0.39 is 0 Å². The van der Waals surface area contributed by atoms with Crippen molar-refractivity contribution < 1.29 is 9.47 Å². The molecule has 0 aliphatic rings. The van der Waals surface area contributed by atoms with Gasteiger partial charge in [-0.15, -0.1) is 0 Å². The molecule has 184 valence electrons. The molecule has 0 amide bonds. The summed E-state index contributed by atoms with van der Waals surface area (Å²) in [6.45, 7) is 6.61. The van der Waals surface area contributed by atoms with Crippen LogP contribution < -0.4 is 0 Å². The van der Waals surface area contributed by atoms with Gasteiger partial charge >= 0.3 is 0 Å². The van der Waals surface area contributed by atoms with Crippen LogP contribution in [0.2, 0.25) is 0 Å². The quantitative estimate of drug-likeness (QED) is 0.0762. The molecule has 0 spiro atoms. The Hall–Kier alpha value is -0.600. The van der Waals surface area contributed by atoms with Gasteiger partial charge in [0, 0.05) is 6.61 Å². The Bertz CT molecular complexity index is 362. The summed E-state index contributed by atoms with van der Waals surface area (Å²) < 4.78 is 11.1. The molecular weight excluding hydrogens is 380 g/mol. The smallest absolute Gasteiger partial charge is 0.146 e. The van der Waals surface area contributed by atoms with Crippen LogP contribution in [0.25, 0.3) is 0 Å². The highest BCUT2D eigenvalue weighted by Gasteiger charge is 1.93. The van der Waals surface area contributed by atoms with E-state index in [-0.39, 0.29) is 0 Å². The molecule has 0 fully saturated rings.